The van der Waals surface area contributed by atoms with Crippen molar-refractivity contribution in [3.63, 3.8) is 0 Å². The summed E-state index contributed by atoms with van der Waals surface area (Å²) in [5, 5.41) is 6.39. The number of carbonyl (C=O) groups is 1. The van der Waals surface area contributed by atoms with Crippen molar-refractivity contribution < 1.29 is 4.79 Å². The zero-order valence-corrected chi connectivity index (χ0v) is 15.2. The first kappa shape index (κ1) is 17.3. The summed E-state index contributed by atoms with van der Waals surface area (Å²) in [5.41, 5.74) is 3.07. The molecular formula is C16H18BrClN2OS. The molecule has 22 heavy (non-hydrogen) atoms. The first-order valence-electron chi connectivity index (χ1n) is 7.12. The van der Waals surface area contributed by atoms with Crippen LogP contribution in [0.1, 0.15) is 27.2 Å². The molecule has 0 atom stereocenters. The van der Waals surface area contributed by atoms with Gasteiger partial charge in [0, 0.05) is 29.2 Å². The molecule has 0 saturated heterocycles. The van der Waals surface area contributed by atoms with Crippen molar-refractivity contribution in [1.29, 1.82) is 0 Å². The van der Waals surface area contributed by atoms with Crippen molar-refractivity contribution >= 4 is 51.3 Å². The quantitative estimate of drug-likeness (QED) is 0.803. The van der Waals surface area contributed by atoms with Gasteiger partial charge in [0.25, 0.3) is 5.91 Å². The van der Waals surface area contributed by atoms with E-state index in [0.29, 0.717) is 6.54 Å². The largest absolute Gasteiger partial charge is 0.385 e. The van der Waals surface area contributed by atoms with Crippen molar-refractivity contribution in [3.8, 4) is 0 Å². The van der Waals surface area contributed by atoms with Gasteiger partial charge >= 0.3 is 0 Å². The van der Waals surface area contributed by atoms with Crippen LogP contribution in [0.4, 0.5) is 5.69 Å². The summed E-state index contributed by atoms with van der Waals surface area (Å²) < 4.78 is 1.13. The molecule has 1 aromatic heterocycles. The van der Waals surface area contributed by atoms with E-state index in [-0.39, 0.29) is 18.3 Å². The van der Waals surface area contributed by atoms with E-state index in [4.69, 9.17) is 0 Å². The molecule has 0 unspecified atom stereocenters. The predicted molar refractivity (Wildman–Crippen MR) is 98.6 cm³/mol. The Morgan fingerprint density at radius 3 is 2.95 bits per heavy atom. The lowest BCUT2D eigenvalue weighted by atomic mass is 9.97. The highest BCUT2D eigenvalue weighted by Crippen LogP contribution is 2.25. The first-order chi connectivity index (χ1) is 10.2. The summed E-state index contributed by atoms with van der Waals surface area (Å²) in [6.07, 6.45) is 2.93. The number of amides is 1. The molecule has 1 amide bonds. The molecule has 0 saturated carbocycles. The highest BCUT2D eigenvalue weighted by Gasteiger charge is 2.16. The SMILES string of the molecule is Cl.O=C(NCCc1ccc(Br)s1)c1cccc2c1CCCN2. The van der Waals surface area contributed by atoms with Crippen LogP contribution in [0.3, 0.4) is 0 Å². The van der Waals surface area contributed by atoms with Crippen LogP contribution >= 0.6 is 39.7 Å². The van der Waals surface area contributed by atoms with Crippen LogP contribution in [0.5, 0.6) is 0 Å². The Kier molecular flexibility index (Phi) is 6.29. The van der Waals surface area contributed by atoms with E-state index in [1.807, 2.05) is 18.2 Å². The summed E-state index contributed by atoms with van der Waals surface area (Å²) in [5.74, 6) is 0.0335. The average Bonchev–Trinajstić information content (AvgIpc) is 2.92. The number of hydrogen-bond donors (Lipinski definition) is 2. The molecule has 1 aliphatic rings. The smallest absolute Gasteiger partial charge is 0.251 e. The van der Waals surface area contributed by atoms with Crippen molar-refractivity contribution in [1.82, 2.24) is 5.32 Å². The van der Waals surface area contributed by atoms with Gasteiger partial charge in [-0.3, -0.25) is 4.79 Å². The van der Waals surface area contributed by atoms with Gasteiger partial charge in [0.2, 0.25) is 0 Å². The lowest BCUT2D eigenvalue weighted by molar-refractivity contribution is 0.0953. The summed E-state index contributed by atoms with van der Waals surface area (Å²) in [4.78, 5) is 13.6. The number of rotatable bonds is 4. The molecule has 3 nitrogen and oxygen atoms in total. The van der Waals surface area contributed by atoms with E-state index in [9.17, 15) is 4.79 Å². The molecule has 2 aromatic rings. The minimum absolute atomic E-state index is 0. The summed E-state index contributed by atoms with van der Waals surface area (Å²) in [7, 11) is 0. The maximum atomic E-state index is 12.4. The number of thiophene rings is 1. The fraction of sp³-hybridized carbons (Fsp3) is 0.312. The van der Waals surface area contributed by atoms with E-state index >= 15 is 0 Å². The van der Waals surface area contributed by atoms with Crippen molar-refractivity contribution in [2.45, 2.75) is 19.3 Å². The third-order valence-corrected chi connectivity index (χ3v) is 5.31. The van der Waals surface area contributed by atoms with E-state index in [2.05, 4.69) is 38.7 Å². The summed E-state index contributed by atoms with van der Waals surface area (Å²) in [6.45, 7) is 1.66. The lowest BCUT2D eigenvalue weighted by Crippen LogP contribution is -2.27. The van der Waals surface area contributed by atoms with Gasteiger partial charge < -0.3 is 10.6 Å². The number of hydrogen-bond acceptors (Lipinski definition) is 3. The van der Waals surface area contributed by atoms with Crippen molar-refractivity contribution in [2.24, 2.45) is 0 Å². The zero-order chi connectivity index (χ0) is 14.7. The molecule has 1 aliphatic heterocycles. The second-order valence-corrected chi connectivity index (χ2v) is 7.62. The van der Waals surface area contributed by atoms with Crippen molar-refractivity contribution in [2.75, 3.05) is 18.4 Å². The van der Waals surface area contributed by atoms with Crippen LogP contribution in [0.15, 0.2) is 34.1 Å². The second kappa shape index (κ2) is 7.99. The van der Waals surface area contributed by atoms with E-state index in [1.165, 1.54) is 4.88 Å². The van der Waals surface area contributed by atoms with Crippen LogP contribution in [0, 0.1) is 0 Å². The van der Waals surface area contributed by atoms with Gasteiger partial charge in [-0.25, -0.2) is 0 Å². The molecule has 1 aromatic carbocycles. The Labute approximate surface area is 149 Å². The normalized spacial score (nSPS) is 12.8. The molecule has 0 fully saturated rings. The minimum atomic E-state index is 0. The van der Waals surface area contributed by atoms with Crippen LogP contribution in [0.2, 0.25) is 0 Å². The number of fused-ring (bicyclic) bond motifs is 1. The van der Waals surface area contributed by atoms with Gasteiger partial charge in [-0.05, 0) is 65.0 Å². The Morgan fingerprint density at radius 2 is 2.18 bits per heavy atom. The average molecular weight is 402 g/mol. The molecule has 0 bridgehead atoms. The molecule has 3 rings (SSSR count). The summed E-state index contributed by atoms with van der Waals surface area (Å²) in [6, 6.07) is 10.1. The molecule has 0 radical (unpaired) electrons. The second-order valence-electron chi connectivity index (χ2n) is 5.07. The van der Waals surface area contributed by atoms with Gasteiger partial charge in [0.1, 0.15) is 0 Å². The highest BCUT2D eigenvalue weighted by molar-refractivity contribution is 9.11. The topological polar surface area (TPSA) is 41.1 Å². The molecule has 0 spiro atoms. The van der Waals surface area contributed by atoms with Gasteiger partial charge in [0.15, 0.2) is 0 Å². The monoisotopic (exact) mass is 400 g/mol. The number of benzene rings is 1. The van der Waals surface area contributed by atoms with Crippen LogP contribution in [0.25, 0.3) is 0 Å². The number of halogens is 2. The molecule has 6 heteroatoms. The van der Waals surface area contributed by atoms with Gasteiger partial charge in [-0.2, -0.15) is 0 Å². The van der Waals surface area contributed by atoms with E-state index in [0.717, 1.165) is 46.4 Å². The maximum absolute atomic E-state index is 12.4. The third-order valence-electron chi connectivity index (χ3n) is 3.63. The minimum Gasteiger partial charge on any atom is -0.385 e. The highest BCUT2D eigenvalue weighted by atomic mass is 79.9. The molecule has 118 valence electrons. The van der Waals surface area contributed by atoms with Crippen LogP contribution in [-0.4, -0.2) is 19.0 Å². The number of nitrogens with one attached hydrogen (secondary N) is 2. The Hall–Kier alpha value is -1.04. The fourth-order valence-corrected chi connectivity index (χ4v) is 4.09. The zero-order valence-electron chi connectivity index (χ0n) is 12.0. The molecular weight excluding hydrogens is 384 g/mol. The predicted octanol–water partition coefficient (Wildman–Crippen LogP) is 4.26. The molecule has 2 heterocycles. The van der Waals surface area contributed by atoms with Gasteiger partial charge in [-0.1, -0.05) is 6.07 Å². The number of carbonyl (C=O) groups excluding carboxylic acids is 1. The Balaban J connectivity index is 0.00000176. The van der Waals surface area contributed by atoms with Gasteiger partial charge in [-0.15, -0.1) is 23.7 Å². The summed E-state index contributed by atoms with van der Waals surface area (Å²) >= 11 is 5.17. The van der Waals surface area contributed by atoms with Gasteiger partial charge in [0.05, 0.1) is 3.79 Å². The lowest BCUT2D eigenvalue weighted by Gasteiger charge is -2.20. The standard InChI is InChI=1S/C16H17BrN2OS.ClH/c17-15-7-6-11(21-15)8-10-19-16(20)13-3-1-5-14-12(13)4-2-9-18-14;/h1,3,5-7,18H,2,4,8-10H2,(H,19,20);1H. The van der Waals surface area contributed by atoms with Crippen LogP contribution < -0.4 is 10.6 Å². The Morgan fingerprint density at radius 1 is 1.32 bits per heavy atom. The molecule has 2 N–H and O–H groups in total. The van der Waals surface area contributed by atoms with E-state index in [1.54, 1.807) is 11.3 Å². The third kappa shape index (κ3) is 4.03. The Bertz CT molecular complexity index is 659. The fourth-order valence-electron chi connectivity index (χ4n) is 2.60. The molecule has 0 aliphatic carbocycles. The van der Waals surface area contributed by atoms with E-state index < -0.39 is 0 Å². The first-order valence-corrected chi connectivity index (χ1v) is 8.73. The van der Waals surface area contributed by atoms with Crippen molar-refractivity contribution in [3.05, 3.63) is 50.1 Å². The number of anilines is 1. The maximum Gasteiger partial charge on any atom is 0.251 e. The van der Waals surface area contributed by atoms with Crippen LogP contribution in [-0.2, 0) is 12.8 Å².